The number of benzene rings is 1. The standard InChI is InChI=1S/C12H11BrClN3/c1-7-9(13)4-3-5-10(7)17-12-8(2)11(14)15-6-16-12/h3-6H,1-2H3,(H,15,16,17). The predicted octanol–water partition coefficient (Wildman–Crippen LogP) is 4.25. The van der Waals surface area contributed by atoms with E-state index in [-0.39, 0.29) is 0 Å². The molecule has 88 valence electrons. The van der Waals surface area contributed by atoms with Crippen molar-refractivity contribution in [2.75, 3.05) is 5.32 Å². The largest absolute Gasteiger partial charge is 0.340 e. The summed E-state index contributed by atoms with van der Waals surface area (Å²) in [5.41, 5.74) is 2.97. The summed E-state index contributed by atoms with van der Waals surface area (Å²) in [6.07, 6.45) is 1.45. The highest BCUT2D eigenvalue weighted by Crippen LogP contribution is 2.28. The number of halogens is 2. The monoisotopic (exact) mass is 311 g/mol. The maximum absolute atomic E-state index is 5.95. The molecular formula is C12H11BrClN3. The first kappa shape index (κ1) is 12.3. The van der Waals surface area contributed by atoms with E-state index in [2.05, 4.69) is 31.2 Å². The molecule has 0 atom stereocenters. The van der Waals surface area contributed by atoms with Crippen LogP contribution in [0.3, 0.4) is 0 Å². The summed E-state index contributed by atoms with van der Waals surface area (Å²) < 4.78 is 1.06. The molecule has 0 saturated heterocycles. The summed E-state index contributed by atoms with van der Waals surface area (Å²) in [6, 6.07) is 5.97. The average molecular weight is 313 g/mol. The van der Waals surface area contributed by atoms with Crippen molar-refractivity contribution in [2.45, 2.75) is 13.8 Å². The molecule has 2 aromatic rings. The first-order chi connectivity index (χ1) is 8.09. The Morgan fingerprint density at radius 1 is 1.18 bits per heavy atom. The van der Waals surface area contributed by atoms with Crippen LogP contribution < -0.4 is 5.32 Å². The molecule has 1 aromatic carbocycles. The average Bonchev–Trinajstić information content (AvgIpc) is 2.31. The highest BCUT2D eigenvalue weighted by Gasteiger charge is 2.07. The third-order valence-corrected chi connectivity index (χ3v) is 3.78. The van der Waals surface area contributed by atoms with Gasteiger partial charge in [0, 0.05) is 15.7 Å². The molecule has 3 nitrogen and oxygen atoms in total. The summed E-state index contributed by atoms with van der Waals surface area (Å²) in [5, 5.41) is 3.72. The zero-order valence-electron chi connectivity index (χ0n) is 9.46. The third kappa shape index (κ3) is 2.58. The van der Waals surface area contributed by atoms with E-state index in [1.54, 1.807) is 0 Å². The fourth-order valence-electron chi connectivity index (χ4n) is 1.43. The zero-order valence-corrected chi connectivity index (χ0v) is 11.8. The number of anilines is 2. The van der Waals surface area contributed by atoms with Gasteiger partial charge in [-0.1, -0.05) is 33.6 Å². The summed E-state index contributed by atoms with van der Waals surface area (Å²) in [4.78, 5) is 8.11. The van der Waals surface area contributed by atoms with Gasteiger partial charge >= 0.3 is 0 Å². The van der Waals surface area contributed by atoms with Gasteiger partial charge in [-0.3, -0.25) is 0 Å². The minimum Gasteiger partial charge on any atom is -0.340 e. The van der Waals surface area contributed by atoms with Crippen LogP contribution in [0.15, 0.2) is 29.0 Å². The molecule has 5 heteroatoms. The highest BCUT2D eigenvalue weighted by atomic mass is 79.9. The third-order valence-electron chi connectivity index (χ3n) is 2.54. The first-order valence-electron chi connectivity index (χ1n) is 5.09. The van der Waals surface area contributed by atoms with Crippen LogP contribution in [0.1, 0.15) is 11.1 Å². The molecule has 0 saturated carbocycles. The van der Waals surface area contributed by atoms with Crippen molar-refractivity contribution in [1.82, 2.24) is 9.97 Å². The smallest absolute Gasteiger partial charge is 0.138 e. The molecule has 1 aromatic heterocycles. The molecule has 0 fully saturated rings. The van der Waals surface area contributed by atoms with Gasteiger partial charge in [0.1, 0.15) is 17.3 Å². The Balaban J connectivity index is 2.38. The molecule has 17 heavy (non-hydrogen) atoms. The lowest BCUT2D eigenvalue weighted by Gasteiger charge is -2.12. The molecule has 0 unspecified atom stereocenters. The Morgan fingerprint density at radius 3 is 2.71 bits per heavy atom. The van der Waals surface area contributed by atoms with Crippen LogP contribution in [-0.4, -0.2) is 9.97 Å². The Morgan fingerprint density at radius 2 is 1.94 bits per heavy atom. The Kier molecular flexibility index (Phi) is 3.64. The van der Waals surface area contributed by atoms with Gasteiger partial charge in [0.15, 0.2) is 0 Å². The lowest BCUT2D eigenvalue weighted by atomic mass is 10.2. The lowest BCUT2D eigenvalue weighted by Crippen LogP contribution is -1.99. The van der Waals surface area contributed by atoms with Crippen LogP contribution in [0.5, 0.6) is 0 Å². The second-order valence-electron chi connectivity index (χ2n) is 3.68. The molecule has 1 heterocycles. The van der Waals surface area contributed by atoms with E-state index in [4.69, 9.17) is 11.6 Å². The van der Waals surface area contributed by atoms with Crippen molar-refractivity contribution in [2.24, 2.45) is 0 Å². The number of hydrogen-bond donors (Lipinski definition) is 1. The topological polar surface area (TPSA) is 37.8 Å². The molecule has 0 aliphatic heterocycles. The van der Waals surface area contributed by atoms with Crippen LogP contribution in [0.2, 0.25) is 5.15 Å². The van der Waals surface area contributed by atoms with E-state index < -0.39 is 0 Å². The zero-order chi connectivity index (χ0) is 12.4. The van der Waals surface area contributed by atoms with Gasteiger partial charge in [-0.2, -0.15) is 0 Å². The number of nitrogens with zero attached hydrogens (tertiary/aromatic N) is 2. The normalized spacial score (nSPS) is 10.4. The summed E-state index contributed by atoms with van der Waals surface area (Å²) in [7, 11) is 0. The van der Waals surface area contributed by atoms with Crippen molar-refractivity contribution in [3.05, 3.63) is 45.3 Å². The van der Waals surface area contributed by atoms with Crippen LogP contribution in [-0.2, 0) is 0 Å². The molecule has 2 rings (SSSR count). The summed E-state index contributed by atoms with van der Waals surface area (Å²) in [6.45, 7) is 3.92. The maximum atomic E-state index is 5.95. The lowest BCUT2D eigenvalue weighted by molar-refractivity contribution is 1.13. The first-order valence-corrected chi connectivity index (χ1v) is 6.26. The maximum Gasteiger partial charge on any atom is 0.138 e. The van der Waals surface area contributed by atoms with Gasteiger partial charge in [-0.05, 0) is 31.5 Å². The van der Waals surface area contributed by atoms with Crippen molar-refractivity contribution in [3.63, 3.8) is 0 Å². The molecule has 0 spiro atoms. The van der Waals surface area contributed by atoms with Crippen LogP contribution >= 0.6 is 27.5 Å². The molecule has 0 aliphatic carbocycles. The fourth-order valence-corrected chi connectivity index (χ4v) is 1.92. The molecule has 0 radical (unpaired) electrons. The Labute approximate surface area is 113 Å². The summed E-state index contributed by atoms with van der Waals surface area (Å²) in [5.74, 6) is 0.728. The van der Waals surface area contributed by atoms with Crippen molar-refractivity contribution < 1.29 is 0 Å². The van der Waals surface area contributed by atoms with Gasteiger partial charge in [-0.15, -0.1) is 0 Å². The van der Waals surface area contributed by atoms with E-state index >= 15 is 0 Å². The van der Waals surface area contributed by atoms with Gasteiger partial charge in [0.2, 0.25) is 0 Å². The van der Waals surface area contributed by atoms with Crippen molar-refractivity contribution >= 4 is 39.0 Å². The second kappa shape index (κ2) is 5.02. The second-order valence-corrected chi connectivity index (χ2v) is 4.89. The quantitative estimate of drug-likeness (QED) is 0.842. The molecule has 0 bridgehead atoms. The molecule has 0 aliphatic rings. The SMILES string of the molecule is Cc1c(Br)cccc1Nc1ncnc(Cl)c1C. The van der Waals surface area contributed by atoms with Crippen molar-refractivity contribution in [1.29, 1.82) is 0 Å². The van der Waals surface area contributed by atoms with E-state index in [1.807, 2.05) is 32.0 Å². The van der Waals surface area contributed by atoms with Gasteiger partial charge < -0.3 is 5.32 Å². The number of nitrogens with one attached hydrogen (secondary N) is 1. The highest BCUT2D eigenvalue weighted by molar-refractivity contribution is 9.10. The molecular weight excluding hydrogens is 302 g/mol. The molecule has 0 amide bonds. The fraction of sp³-hybridized carbons (Fsp3) is 0.167. The molecule has 1 N–H and O–H groups in total. The van der Waals surface area contributed by atoms with Crippen molar-refractivity contribution in [3.8, 4) is 0 Å². The Bertz CT molecular complexity index is 508. The van der Waals surface area contributed by atoms with Crippen LogP contribution in [0.25, 0.3) is 0 Å². The van der Waals surface area contributed by atoms with Gasteiger partial charge in [0.25, 0.3) is 0 Å². The minimum absolute atomic E-state index is 0.468. The van der Waals surface area contributed by atoms with Gasteiger partial charge in [0.05, 0.1) is 0 Å². The van der Waals surface area contributed by atoms with E-state index in [9.17, 15) is 0 Å². The summed E-state index contributed by atoms with van der Waals surface area (Å²) >= 11 is 9.44. The number of hydrogen-bond acceptors (Lipinski definition) is 3. The van der Waals surface area contributed by atoms with E-state index in [1.165, 1.54) is 6.33 Å². The van der Waals surface area contributed by atoms with E-state index in [0.717, 1.165) is 27.1 Å². The number of rotatable bonds is 2. The van der Waals surface area contributed by atoms with E-state index in [0.29, 0.717) is 5.15 Å². The number of aromatic nitrogens is 2. The minimum atomic E-state index is 0.468. The van der Waals surface area contributed by atoms with Gasteiger partial charge in [-0.25, -0.2) is 9.97 Å². The Hall–Kier alpha value is -1.13. The van der Waals surface area contributed by atoms with Crippen LogP contribution in [0, 0.1) is 13.8 Å². The predicted molar refractivity (Wildman–Crippen MR) is 73.9 cm³/mol. The van der Waals surface area contributed by atoms with Crippen LogP contribution in [0.4, 0.5) is 11.5 Å².